The Morgan fingerprint density at radius 3 is 2.76 bits per heavy atom. The van der Waals surface area contributed by atoms with Gasteiger partial charge in [0.2, 0.25) is 0 Å². The lowest BCUT2D eigenvalue weighted by molar-refractivity contribution is -0.142. The van der Waals surface area contributed by atoms with Crippen LogP contribution in [0.1, 0.15) is 23.6 Å². The van der Waals surface area contributed by atoms with E-state index in [0.717, 1.165) is 0 Å². The second-order valence-corrected chi connectivity index (χ2v) is 3.35. The molecule has 17 heavy (non-hydrogen) atoms. The van der Waals surface area contributed by atoms with Gasteiger partial charge in [-0.15, -0.1) is 0 Å². The summed E-state index contributed by atoms with van der Waals surface area (Å²) < 4.78 is 18.2. The van der Waals surface area contributed by atoms with Crippen LogP contribution in [0, 0.1) is 17.1 Å². The zero-order chi connectivity index (χ0) is 12.8. The Bertz CT molecular complexity index is 466. The minimum atomic E-state index is -0.509. The Morgan fingerprint density at radius 2 is 2.24 bits per heavy atom. The van der Waals surface area contributed by atoms with Crippen LogP contribution in [0.25, 0.3) is 0 Å². The van der Waals surface area contributed by atoms with Gasteiger partial charge < -0.3 is 10.5 Å². The van der Waals surface area contributed by atoms with Crippen LogP contribution in [0.15, 0.2) is 12.1 Å². The number of esters is 1. The van der Waals surface area contributed by atoms with Crippen molar-refractivity contribution in [1.82, 2.24) is 0 Å². The highest BCUT2D eigenvalue weighted by Gasteiger charge is 2.16. The van der Waals surface area contributed by atoms with E-state index in [1.807, 2.05) is 6.07 Å². The van der Waals surface area contributed by atoms with Crippen molar-refractivity contribution in [3.05, 3.63) is 34.6 Å². The molecule has 0 unspecified atom stereocenters. The first-order valence-electron chi connectivity index (χ1n) is 5.20. The third-order valence-corrected chi connectivity index (χ3v) is 2.33. The van der Waals surface area contributed by atoms with E-state index in [1.54, 1.807) is 6.92 Å². The lowest BCUT2D eigenvalue weighted by Gasteiger charge is -2.10. The van der Waals surface area contributed by atoms with Crippen molar-refractivity contribution < 1.29 is 13.9 Å². The molecule has 0 saturated heterocycles. The number of nitrogens with zero attached hydrogens (tertiary/aromatic N) is 1. The fourth-order valence-electron chi connectivity index (χ4n) is 1.55. The minimum Gasteiger partial charge on any atom is -0.466 e. The van der Waals surface area contributed by atoms with Crippen LogP contribution in [0.4, 0.5) is 4.39 Å². The van der Waals surface area contributed by atoms with Crippen molar-refractivity contribution in [2.45, 2.75) is 19.9 Å². The molecule has 1 rings (SSSR count). The Morgan fingerprint density at radius 1 is 1.53 bits per heavy atom. The van der Waals surface area contributed by atoms with Gasteiger partial charge in [-0.25, -0.2) is 4.39 Å². The van der Waals surface area contributed by atoms with Crippen molar-refractivity contribution in [1.29, 1.82) is 5.26 Å². The molecule has 0 saturated carbocycles. The van der Waals surface area contributed by atoms with Gasteiger partial charge in [-0.3, -0.25) is 4.79 Å². The zero-order valence-electron chi connectivity index (χ0n) is 9.50. The summed E-state index contributed by atoms with van der Waals surface area (Å²) in [5, 5.41) is 8.91. The predicted octanol–water partition coefficient (Wildman–Crippen LogP) is 1.26. The molecule has 0 amide bonds. The van der Waals surface area contributed by atoms with Crippen molar-refractivity contribution in [3.63, 3.8) is 0 Å². The third-order valence-electron chi connectivity index (χ3n) is 2.33. The molecule has 0 aromatic heterocycles. The Kier molecular flexibility index (Phi) is 4.61. The molecule has 0 fully saturated rings. The molecular weight excluding hydrogens is 223 g/mol. The molecule has 0 atom stereocenters. The number of halogens is 1. The molecule has 0 aliphatic heterocycles. The maximum atomic E-state index is 13.5. The van der Waals surface area contributed by atoms with Crippen LogP contribution in [0.3, 0.4) is 0 Å². The monoisotopic (exact) mass is 236 g/mol. The number of nitrogens with two attached hydrogens (primary N) is 1. The molecule has 0 aliphatic carbocycles. The van der Waals surface area contributed by atoms with E-state index in [9.17, 15) is 9.18 Å². The van der Waals surface area contributed by atoms with Gasteiger partial charge in [-0.05, 0) is 24.6 Å². The van der Waals surface area contributed by atoms with Gasteiger partial charge >= 0.3 is 5.97 Å². The van der Waals surface area contributed by atoms with Gasteiger partial charge in [-0.2, -0.15) is 5.26 Å². The number of hydrogen-bond donors (Lipinski definition) is 1. The summed E-state index contributed by atoms with van der Waals surface area (Å²) in [6, 6.07) is 4.43. The van der Waals surface area contributed by atoms with Gasteiger partial charge in [0.25, 0.3) is 0 Å². The first-order chi connectivity index (χ1) is 8.13. The molecule has 2 N–H and O–H groups in total. The fourth-order valence-corrected chi connectivity index (χ4v) is 1.55. The van der Waals surface area contributed by atoms with Crippen LogP contribution in [-0.4, -0.2) is 12.6 Å². The van der Waals surface area contributed by atoms with Crippen molar-refractivity contribution in [2.75, 3.05) is 6.61 Å². The second-order valence-electron chi connectivity index (χ2n) is 3.35. The number of ether oxygens (including phenoxy) is 1. The van der Waals surface area contributed by atoms with Crippen LogP contribution >= 0.6 is 0 Å². The van der Waals surface area contributed by atoms with E-state index in [0.29, 0.717) is 5.56 Å². The van der Waals surface area contributed by atoms with E-state index in [4.69, 9.17) is 15.7 Å². The second kappa shape index (κ2) is 5.97. The number of benzene rings is 1. The molecule has 0 spiro atoms. The van der Waals surface area contributed by atoms with Gasteiger partial charge in [-0.1, -0.05) is 0 Å². The SMILES string of the molecule is CCOC(=O)Cc1c(C#N)ccc(F)c1CN. The normalized spacial score (nSPS) is 9.76. The lowest BCUT2D eigenvalue weighted by Crippen LogP contribution is -2.14. The van der Waals surface area contributed by atoms with Gasteiger partial charge in [0.1, 0.15) is 5.82 Å². The van der Waals surface area contributed by atoms with E-state index in [1.165, 1.54) is 12.1 Å². The third kappa shape index (κ3) is 3.02. The number of hydrogen-bond acceptors (Lipinski definition) is 4. The zero-order valence-corrected chi connectivity index (χ0v) is 9.50. The minimum absolute atomic E-state index is 0.0594. The predicted molar refractivity (Wildman–Crippen MR) is 59.3 cm³/mol. The van der Waals surface area contributed by atoms with Gasteiger partial charge in [0.05, 0.1) is 24.7 Å². The van der Waals surface area contributed by atoms with E-state index < -0.39 is 11.8 Å². The van der Waals surface area contributed by atoms with E-state index in [-0.39, 0.29) is 30.7 Å². The molecule has 0 aliphatic rings. The molecule has 1 aromatic rings. The smallest absolute Gasteiger partial charge is 0.310 e. The number of rotatable bonds is 4. The van der Waals surface area contributed by atoms with E-state index in [2.05, 4.69) is 0 Å². The first-order valence-corrected chi connectivity index (χ1v) is 5.20. The lowest BCUT2D eigenvalue weighted by atomic mass is 9.98. The average Bonchev–Trinajstić information content (AvgIpc) is 2.30. The Hall–Kier alpha value is -1.93. The van der Waals surface area contributed by atoms with Crippen LogP contribution in [-0.2, 0) is 22.5 Å². The summed E-state index contributed by atoms with van der Waals surface area (Å²) in [6.45, 7) is 1.86. The molecule has 0 radical (unpaired) electrons. The highest BCUT2D eigenvalue weighted by Crippen LogP contribution is 2.19. The molecule has 0 heterocycles. The number of nitriles is 1. The van der Waals surface area contributed by atoms with Gasteiger partial charge in [0.15, 0.2) is 0 Å². The molecule has 1 aromatic carbocycles. The Balaban J connectivity index is 3.15. The topological polar surface area (TPSA) is 76.1 Å². The number of carbonyl (C=O) groups excluding carboxylic acids is 1. The van der Waals surface area contributed by atoms with Gasteiger partial charge in [0, 0.05) is 12.1 Å². The molecule has 5 heteroatoms. The summed E-state index contributed by atoms with van der Waals surface area (Å²) in [7, 11) is 0. The summed E-state index contributed by atoms with van der Waals surface area (Å²) in [5.41, 5.74) is 6.18. The molecule has 90 valence electrons. The standard InChI is InChI=1S/C12H13FN2O2/c1-2-17-12(16)5-9-8(6-14)3-4-11(13)10(9)7-15/h3-4H,2,5,7,15H2,1H3. The first kappa shape index (κ1) is 13.1. The molecule has 0 bridgehead atoms. The van der Waals surface area contributed by atoms with Crippen molar-refractivity contribution in [3.8, 4) is 6.07 Å². The highest BCUT2D eigenvalue weighted by molar-refractivity contribution is 5.74. The molecular formula is C12H13FN2O2. The highest BCUT2D eigenvalue weighted by atomic mass is 19.1. The van der Waals surface area contributed by atoms with Crippen LogP contribution < -0.4 is 5.73 Å². The van der Waals surface area contributed by atoms with Crippen LogP contribution in [0.5, 0.6) is 0 Å². The molecule has 4 nitrogen and oxygen atoms in total. The fraction of sp³-hybridized carbons (Fsp3) is 0.333. The summed E-state index contributed by atoms with van der Waals surface area (Å²) in [6.07, 6.45) is -0.138. The van der Waals surface area contributed by atoms with Crippen molar-refractivity contribution in [2.24, 2.45) is 5.73 Å². The maximum absolute atomic E-state index is 13.5. The summed E-state index contributed by atoms with van der Waals surface area (Å²) in [5.74, 6) is -1.00. The number of carbonyl (C=O) groups is 1. The maximum Gasteiger partial charge on any atom is 0.310 e. The summed E-state index contributed by atoms with van der Waals surface area (Å²) >= 11 is 0. The van der Waals surface area contributed by atoms with E-state index >= 15 is 0 Å². The Labute approximate surface area is 98.8 Å². The largest absolute Gasteiger partial charge is 0.466 e. The van der Waals surface area contributed by atoms with Crippen LogP contribution in [0.2, 0.25) is 0 Å². The average molecular weight is 236 g/mol. The summed E-state index contributed by atoms with van der Waals surface area (Å²) in [4.78, 5) is 11.4. The quantitative estimate of drug-likeness (QED) is 0.798. The van der Waals surface area contributed by atoms with Crippen molar-refractivity contribution >= 4 is 5.97 Å².